The fourth-order valence-electron chi connectivity index (χ4n) is 3.50. The van der Waals surface area contributed by atoms with Crippen LogP contribution in [0.15, 0.2) is 0 Å². The summed E-state index contributed by atoms with van der Waals surface area (Å²) in [4.78, 5) is 15.4. The minimum atomic E-state index is -0.0713. The fraction of sp³-hybridized carbons (Fsp3) is 0.857. The molecule has 0 spiro atoms. The van der Waals surface area contributed by atoms with E-state index in [-0.39, 0.29) is 11.3 Å². The van der Waals surface area contributed by atoms with E-state index in [1.165, 1.54) is 12.8 Å². The molecule has 2 N–H and O–H groups in total. The fourth-order valence-corrected chi connectivity index (χ4v) is 3.69. The molecule has 2 rings (SSSR count). The van der Waals surface area contributed by atoms with Crippen molar-refractivity contribution < 1.29 is 4.79 Å². The van der Waals surface area contributed by atoms with Crippen molar-refractivity contribution in [1.82, 2.24) is 4.90 Å². The molecule has 0 aromatic rings. The van der Waals surface area contributed by atoms with Crippen LogP contribution in [0.2, 0.25) is 0 Å². The summed E-state index contributed by atoms with van der Waals surface area (Å²) in [5, 5.41) is 0. The highest BCUT2D eigenvalue weighted by atomic mass is 32.1. The minimum Gasteiger partial charge on any atom is -0.393 e. The second-order valence-electron chi connectivity index (χ2n) is 5.83. The lowest BCUT2D eigenvalue weighted by atomic mass is 9.81. The Labute approximate surface area is 115 Å². The van der Waals surface area contributed by atoms with Crippen LogP contribution in [0.4, 0.5) is 0 Å². The Bertz CT molecular complexity index is 337. The standard InChI is InChI=1S/C14H24N2OS/c1-2-14(7-3-4-8-14)13(17)16-9-5-6-11(10-16)12(15)18/h11H,2-10H2,1H3,(H2,15,18). The Kier molecular flexibility index (Phi) is 4.25. The van der Waals surface area contributed by atoms with Gasteiger partial charge in [-0.3, -0.25) is 4.79 Å². The number of thiocarbonyl (C=S) groups is 1. The third kappa shape index (κ3) is 2.53. The van der Waals surface area contributed by atoms with E-state index in [1.54, 1.807) is 0 Å². The normalized spacial score (nSPS) is 27.2. The molecule has 3 nitrogen and oxygen atoms in total. The number of amides is 1. The molecular formula is C14H24N2OS. The van der Waals surface area contributed by atoms with Crippen LogP contribution in [0.3, 0.4) is 0 Å². The molecule has 1 unspecified atom stereocenters. The van der Waals surface area contributed by atoms with E-state index in [1.807, 2.05) is 4.90 Å². The lowest BCUT2D eigenvalue weighted by molar-refractivity contribution is -0.143. The lowest BCUT2D eigenvalue weighted by Crippen LogP contribution is -2.49. The van der Waals surface area contributed by atoms with Gasteiger partial charge in [0.15, 0.2) is 0 Å². The molecule has 0 bridgehead atoms. The zero-order chi connectivity index (χ0) is 13.2. The average molecular weight is 268 g/mol. The van der Waals surface area contributed by atoms with E-state index in [0.717, 1.165) is 45.2 Å². The largest absolute Gasteiger partial charge is 0.393 e. The van der Waals surface area contributed by atoms with Gasteiger partial charge in [-0.1, -0.05) is 32.0 Å². The summed E-state index contributed by atoms with van der Waals surface area (Å²) >= 11 is 5.09. The highest BCUT2D eigenvalue weighted by molar-refractivity contribution is 7.80. The molecule has 18 heavy (non-hydrogen) atoms. The summed E-state index contributed by atoms with van der Waals surface area (Å²) in [6, 6.07) is 0. The molecule has 2 fully saturated rings. The molecule has 1 saturated heterocycles. The molecule has 1 aliphatic heterocycles. The van der Waals surface area contributed by atoms with E-state index in [2.05, 4.69) is 6.92 Å². The molecule has 0 aromatic heterocycles. The second-order valence-corrected chi connectivity index (χ2v) is 6.31. The molecule has 1 atom stereocenters. The number of piperidine rings is 1. The summed E-state index contributed by atoms with van der Waals surface area (Å²) in [6.07, 6.45) is 7.58. The maximum absolute atomic E-state index is 12.8. The van der Waals surface area contributed by atoms with Crippen LogP contribution < -0.4 is 5.73 Å². The molecule has 102 valence electrons. The number of carbonyl (C=O) groups excluding carboxylic acids is 1. The zero-order valence-electron chi connectivity index (χ0n) is 11.3. The van der Waals surface area contributed by atoms with Crippen molar-refractivity contribution in [3.05, 3.63) is 0 Å². The van der Waals surface area contributed by atoms with Gasteiger partial charge in [-0.15, -0.1) is 0 Å². The van der Waals surface area contributed by atoms with Gasteiger partial charge in [-0.2, -0.15) is 0 Å². The maximum Gasteiger partial charge on any atom is 0.228 e. The summed E-state index contributed by atoms with van der Waals surface area (Å²) < 4.78 is 0. The van der Waals surface area contributed by atoms with Crippen molar-refractivity contribution in [3.63, 3.8) is 0 Å². The predicted octanol–water partition coefficient (Wildman–Crippen LogP) is 2.48. The Hall–Kier alpha value is -0.640. The molecule has 1 saturated carbocycles. The van der Waals surface area contributed by atoms with E-state index in [0.29, 0.717) is 10.9 Å². The topological polar surface area (TPSA) is 46.3 Å². The quantitative estimate of drug-likeness (QED) is 0.800. The Balaban J connectivity index is 2.06. The van der Waals surface area contributed by atoms with Gasteiger partial charge in [0.25, 0.3) is 0 Å². The van der Waals surface area contributed by atoms with Crippen LogP contribution in [0.1, 0.15) is 51.9 Å². The van der Waals surface area contributed by atoms with Crippen LogP contribution in [-0.2, 0) is 4.79 Å². The van der Waals surface area contributed by atoms with Crippen molar-refractivity contribution in [2.45, 2.75) is 51.9 Å². The summed E-state index contributed by atoms with van der Waals surface area (Å²) in [6.45, 7) is 3.79. The van der Waals surface area contributed by atoms with Gasteiger partial charge >= 0.3 is 0 Å². The lowest BCUT2D eigenvalue weighted by Gasteiger charge is -2.38. The first-order valence-electron chi connectivity index (χ1n) is 7.18. The Morgan fingerprint density at radius 1 is 1.39 bits per heavy atom. The first-order chi connectivity index (χ1) is 8.59. The monoisotopic (exact) mass is 268 g/mol. The maximum atomic E-state index is 12.8. The molecule has 1 aliphatic carbocycles. The van der Waals surface area contributed by atoms with Gasteiger partial charge in [-0.25, -0.2) is 0 Å². The van der Waals surface area contributed by atoms with Gasteiger partial charge in [0.1, 0.15) is 0 Å². The molecule has 1 heterocycles. The zero-order valence-corrected chi connectivity index (χ0v) is 12.1. The molecular weight excluding hydrogens is 244 g/mol. The van der Waals surface area contributed by atoms with Gasteiger partial charge in [0.05, 0.1) is 4.99 Å². The van der Waals surface area contributed by atoms with Crippen LogP contribution in [0, 0.1) is 11.3 Å². The third-order valence-corrected chi connectivity index (χ3v) is 5.14. The number of hydrogen-bond acceptors (Lipinski definition) is 2. The van der Waals surface area contributed by atoms with Gasteiger partial charge in [-0.05, 0) is 32.1 Å². The van der Waals surface area contributed by atoms with Crippen LogP contribution >= 0.6 is 12.2 Å². The number of nitrogens with two attached hydrogens (primary N) is 1. The number of carbonyl (C=O) groups is 1. The first kappa shape index (κ1) is 13.8. The van der Waals surface area contributed by atoms with Crippen molar-refractivity contribution in [2.24, 2.45) is 17.1 Å². The van der Waals surface area contributed by atoms with Crippen LogP contribution in [-0.4, -0.2) is 28.9 Å². The number of nitrogens with zero attached hydrogens (tertiary/aromatic N) is 1. The van der Waals surface area contributed by atoms with E-state index < -0.39 is 0 Å². The Morgan fingerprint density at radius 3 is 2.61 bits per heavy atom. The SMILES string of the molecule is CCC1(C(=O)N2CCCC(C(N)=S)C2)CCCC1. The van der Waals surface area contributed by atoms with Gasteiger partial charge in [0.2, 0.25) is 5.91 Å². The van der Waals surface area contributed by atoms with Crippen LogP contribution in [0.5, 0.6) is 0 Å². The predicted molar refractivity (Wildman–Crippen MR) is 77.3 cm³/mol. The third-order valence-electron chi connectivity index (χ3n) is 4.80. The van der Waals surface area contributed by atoms with Gasteiger partial charge in [0, 0.05) is 24.4 Å². The van der Waals surface area contributed by atoms with Crippen molar-refractivity contribution in [1.29, 1.82) is 0 Å². The van der Waals surface area contributed by atoms with Crippen molar-refractivity contribution >= 4 is 23.1 Å². The molecule has 2 aliphatic rings. The molecule has 1 amide bonds. The van der Waals surface area contributed by atoms with Crippen molar-refractivity contribution in [2.75, 3.05) is 13.1 Å². The van der Waals surface area contributed by atoms with Gasteiger partial charge < -0.3 is 10.6 Å². The average Bonchev–Trinajstić information content (AvgIpc) is 2.88. The van der Waals surface area contributed by atoms with E-state index >= 15 is 0 Å². The molecule has 0 aromatic carbocycles. The van der Waals surface area contributed by atoms with Crippen LogP contribution in [0.25, 0.3) is 0 Å². The van der Waals surface area contributed by atoms with E-state index in [9.17, 15) is 4.79 Å². The summed E-state index contributed by atoms with van der Waals surface area (Å²) in [5.41, 5.74) is 5.67. The first-order valence-corrected chi connectivity index (χ1v) is 7.58. The number of rotatable bonds is 3. The van der Waals surface area contributed by atoms with E-state index in [4.69, 9.17) is 18.0 Å². The number of hydrogen-bond donors (Lipinski definition) is 1. The highest BCUT2D eigenvalue weighted by Gasteiger charge is 2.42. The Morgan fingerprint density at radius 2 is 2.06 bits per heavy atom. The molecule has 4 heteroatoms. The molecule has 0 radical (unpaired) electrons. The minimum absolute atomic E-state index is 0.0713. The summed E-state index contributed by atoms with van der Waals surface area (Å²) in [7, 11) is 0. The second kappa shape index (κ2) is 5.55. The van der Waals surface area contributed by atoms with Crippen molar-refractivity contribution in [3.8, 4) is 0 Å². The summed E-state index contributed by atoms with van der Waals surface area (Å²) in [5.74, 6) is 0.594. The number of likely N-dealkylation sites (tertiary alicyclic amines) is 1. The highest BCUT2D eigenvalue weighted by Crippen LogP contribution is 2.43. The smallest absolute Gasteiger partial charge is 0.228 e.